The fourth-order valence-corrected chi connectivity index (χ4v) is 3.89. The number of likely N-dealkylation sites (tertiary alicyclic amines) is 1. The molecule has 134 valence electrons. The summed E-state index contributed by atoms with van der Waals surface area (Å²) >= 11 is 0. The Morgan fingerprint density at radius 2 is 1.58 bits per heavy atom. The van der Waals surface area contributed by atoms with E-state index in [2.05, 4.69) is 6.92 Å². The van der Waals surface area contributed by atoms with Crippen LogP contribution in [0, 0.1) is 5.92 Å². The van der Waals surface area contributed by atoms with Crippen molar-refractivity contribution in [1.82, 2.24) is 4.90 Å². The Bertz CT molecular complexity index is 793. The number of rotatable bonds is 5. The van der Waals surface area contributed by atoms with Crippen molar-refractivity contribution in [3.63, 3.8) is 0 Å². The van der Waals surface area contributed by atoms with E-state index in [1.165, 1.54) is 4.90 Å². The molecule has 3 atom stereocenters. The van der Waals surface area contributed by atoms with Crippen molar-refractivity contribution in [2.45, 2.75) is 38.5 Å². The van der Waals surface area contributed by atoms with Crippen LogP contribution in [-0.2, 0) is 21.0 Å². The largest absolute Gasteiger partial charge is 0.275 e. The van der Waals surface area contributed by atoms with Gasteiger partial charge in [0.1, 0.15) is 0 Å². The van der Waals surface area contributed by atoms with Gasteiger partial charge >= 0.3 is 0 Å². The van der Waals surface area contributed by atoms with Crippen LogP contribution in [-0.4, -0.2) is 28.9 Å². The number of benzene rings is 2. The van der Waals surface area contributed by atoms with Gasteiger partial charge < -0.3 is 0 Å². The monoisotopic (exact) mass is 350 g/mol. The first-order valence-corrected chi connectivity index (χ1v) is 9.11. The molecule has 0 bridgehead atoms. The molecule has 2 amide bonds. The SMILES string of the molecule is CCC[C@@H]1[C@H]2C(=O)N(Cc3ccccc3)C(=O)[C@@H]2ON1c1ccccc1. The quantitative estimate of drug-likeness (QED) is 0.777. The van der Waals surface area contributed by atoms with Gasteiger partial charge in [0, 0.05) is 0 Å². The average Bonchev–Trinajstić information content (AvgIpc) is 3.16. The molecule has 0 spiro atoms. The van der Waals surface area contributed by atoms with Crippen LogP contribution < -0.4 is 5.06 Å². The highest BCUT2D eigenvalue weighted by atomic mass is 16.7. The van der Waals surface area contributed by atoms with Gasteiger partial charge in [-0.25, -0.2) is 5.06 Å². The van der Waals surface area contributed by atoms with Crippen LogP contribution in [0.5, 0.6) is 0 Å². The predicted molar refractivity (Wildman–Crippen MR) is 98.0 cm³/mol. The summed E-state index contributed by atoms with van der Waals surface area (Å²) in [7, 11) is 0. The molecule has 0 unspecified atom stereocenters. The molecule has 0 aliphatic carbocycles. The first kappa shape index (κ1) is 16.8. The van der Waals surface area contributed by atoms with E-state index < -0.39 is 12.0 Å². The maximum absolute atomic E-state index is 13.1. The summed E-state index contributed by atoms with van der Waals surface area (Å²) in [4.78, 5) is 33.3. The van der Waals surface area contributed by atoms with E-state index in [0.29, 0.717) is 6.54 Å². The lowest BCUT2D eigenvalue weighted by Gasteiger charge is -2.28. The molecular weight excluding hydrogens is 328 g/mol. The zero-order valence-corrected chi connectivity index (χ0v) is 14.7. The van der Waals surface area contributed by atoms with Crippen LogP contribution in [0.3, 0.4) is 0 Å². The molecule has 5 nitrogen and oxygen atoms in total. The van der Waals surface area contributed by atoms with Gasteiger partial charge in [-0.15, -0.1) is 0 Å². The smallest absolute Gasteiger partial charge is 0.262 e. The lowest BCUT2D eigenvalue weighted by molar-refractivity contribution is -0.143. The van der Waals surface area contributed by atoms with Gasteiger partial charge in [0.25, 0.3) is 5.91 Å². The molecule has 4 rings (SSSR count). The number of hydroxylamine groups is 1. The third-order valence-electron chi connectivity index (χ3n) is 5.11. The van der Waals surface area contributed by atoms with Crippen molar-refractivity contribution >= 4 is 17.5 Å². The van der Waals surface area contributed by atoms with E-state index in [1.54, 1.807) is 5.06 Å². The van der Waals surface area contributed by atoms with Crippen LogP contribution >= 0.6 is 0 Å². The summed E-state index contributed by atoms with van der Waals surface area (Å²) in [6.45, 7) is 2.39. The molecule has 5 heteroatoms. The average molecular weight is 350 g/mol. The molecule has 0 N–H and O–H groups in total. The Hall–Kier alpha value is -2.66. The summed E-state index contributed by atoms with van der Waals surface area (Å²) < 4.78 is 0. The van der Waals surface area contributed by atoms with Gasteiger partial charge in [-0.1, -0.05) is 61.9 Å². The molecule has 2 heterocycles. The number of carbonyl (C=O) groups excluding carboxylic acids is 2. The molecule has 2 saturated heterocycles. The molecule has 0 saturated carbocycles. The molecule has 2 aliphatic heterocycles. The lowest BCUT2D eigenvalue weighted by atomic mass is 9.93. The number of para-hydroxylation sites is 1. The zero-order valence-electron chi connectivity index (χ0n) is 14.7. The highest BCUT2D eigenvalue weighted by Gasteiger charge is 2.58. The maximum atomic E-state index is 13.1. The van der Waals surface area contributed by atoms with E-state index in [1.807, 2.05) is 60.7 Å². The first-order chi connectivity index (χ1) is 12.7. The van der Waals surface area contributed by atoms with Crippen molar-refractivity contribution < 1.29 is 14.4 Å². The summed E-state index contributed by atoms with van der Waals surface area (Å²) in [6.07, 6.45) is 0.998. The minimum Gasteiger partial charge on any atom is -0.275 e. The molecule has 2 aliphatic rings. The van der Waals surface area contributed by atoms with Gasteiger partial charge in [0.15, 0.2) is 6.10 Å². The molecular formula is C21H22N2O3. The molecule has 0 aromatic heterocycles. The van der Waals surface area contributed by atoms with Crippen LogP contribution in [0.25, 0.3) is 0 Å². The number of fused-ring (bicyclic) bond motifs is 1. The molecule has 0 radical (unpaired) electrons. The van der Waals surface area contributed by atoms with Crippen LogP contribution in [0.4, 0.5) is 5.69 Å². The minimum atomic E-state index is -0.719. The van der Waals surface area contributed by atoms with E-state index in [4.69, 9.17) is 4.84 Å². The number of hydrogen-bond donors (Lipinski definition) is 0. The number of anilines is 1. The number of imide groups is 1. The number of amides is 2. The standard InChI is InChI=1S/C21H22N2O3/c1-2-9-17-18-19(26-23(17)16-12-7-4-8-13-16)21(25)22(20(18)24)14-15-10-5-3-6-11-15/h3-8,10-13,17-19H,2,9,14H2,1H3/t17-,18-,19-/m1/s1. The van der Waals surface area contributed by atoms with Gasteiger partial charge in [-0.2, -0.15) is 0 Å². The summed E-state index contributed by atoms with van der Waals surface area (Å²) in [5, 5.41) is 1.77. The van der Waals surface area contributed by atoms with E-state index in [-0.39, 0.29) is 17.9 Å². The Balaban J connectivity index is 1.60. The fourth-order valence-electron chi connectivity index (χ4n) is 3.89. The van der Waals surface area contributed by atoms with E-state index in [0.717, 1.165) is 24.1 Å². The lowest BCUT2D eigenvalue weighted by Crippen LogP contribution is -2.40. The van der Waals surface area contributed by atoms with Crippen LogP contribution in [0.15, 0.2) is 60.7 Å². The molecule has 2 aromatic rings. The van der Waals surface area contributed by atoms with Crippen LogP contribution in [0.1, 0.15) is 25.3 Å². The maximum Gasteiger partial charge on any atom is 0.262 e. The van der Waals surface area contributed by atoms with Crippen molar-refractivity contribution in [3.8, 4) is 0 Å². The Morgan fingerprint density at radius 1 is 0.923 bits per heavy atom. The molecule has 2 aromatic carbocycles. The number of carbonyl (C=O) groups is 2. The van der Waals surface area contributed by atoms with E-state index >= 15 is 0 Å². The topological polar surface area (TPSA) is 49.9 Å². The van der Waals surface area contributed by atoms with E-state index in [9.17, 15) is 9.59 Å². The fraction of sp³-hybridized carbons (Fsp3) is 0.333. The highest BCUT2D eigenvalue weighted by molar-refractivity contribution is 6.07. The van der Waals surface area contributed by atoms with Crippen molar-refractivity contribution in [2.75, 3.05) is 5.06 Å². The van der Waals surface area contributed by atoms with Crippen molar-refractivity contribution in [2.24, 2.45) is 5.92 Å². The van der Waals surface area contributed by atoms with Crippen molar-refractivity contribution in [3.05, 3.63) is 66.2 Å². The Morgan fingerprint density at radius 3 is 2.23 bits per heavy atom. The second-order valence-electron chi connectivity index (χ2n) is 6.82. The summed E-state index contributed by atoms with van der Waals surface area (Å²) in [5.74, 6) is -0.796. The molecule has 26 heavy (non-hydrogen) atoms. The van der Waals surface area contributed by atoms with Gasteiger partial charge in [0.2, 0.25) is 5.91 Å². The third-order valence-corrected chi connectivity index (χ3v) is 5.11. The Labute approximate surface area is 153 Å². The third kappa shape index (κ3) is 2.78. The summed E-state index contributed by atoms with van der Waals surface area (Å²) in [5.41, 5.74) is 1.83. The summed E-state index contributed by atoms with van der Waals surface area (Å²) in [6, 6.07) is 19.2. The highest BCUT2D eigenvalue weighted by Crippen LogP contribution is 2.40. The van der Waals surface area contributed by atoms with Crippen LogP contribution in [0.2, 0.25) is 0 Å². The number of hydrogen-bond acceptors (Lipinski definition) is 4. The minimum absolute atomic E-state index is 0.121. The van der Waals surface area contributed by atoms with Crippen molar-refractivity contribution in [1.29, 1.82) is 0 Å². The Kier molecular flexibility index (Phi) is 4.47. The van der Waals surface area contributed by atoms with Gasteiger partial charge in [-0.3, -0.25) is 19.3 Å². The predicted octanol–water partition coefficient (Wildman–Crippen LogP) is 3.16. The number of nitrogens with zero attached hydrogens (tertiary/aromatic N) is 2. The zero-order chi connectivity index (χ0) is 18.1. The van der Waals surface area contributed by atoms with Gasteiger partial charge in [-0.05, 0) is 24.1 Å². The van der Waals surface area contributed by atoms with Gasteiger partial charge in [0.05, 0.1) is 24.2 Å². The second-order valence-corrected chi connectivity index (χ2v) is 6.82. The second kappa shape index (κ2) is 6.92. The molecule has 2 fully saturated rings. The first-order valence-electron chi connectivity index (χ1n) is 9.11. The normalized spacial score (nSPS) is 25.0.